The molecule has 0 amide bonds. The first-order valence-corrected chi connectivity index (χ1v) is 6.37. The lowest BCUT2D eigenvalue weighted by Gasteiger charge is -2.05. The zero-order chi connectivity index (χ0) is 12.4. The first-order chi connectivity index (χ1) is 8.13. The summed E-state index contributed by atoms with van der Waals surface area (Å²) in [5, 5.41) is 0. The minimum atomic E-state index is -0.285. The van der Waals surface area contributed by atoms with Gasteiger partial charge in [0.25, 0.3) is 0 Å². The van der Waals surface area contributed by atoms with Crippen LogP contribution in [0.4, 0.5) is 4.39 Å². The van der Waals surface area contributed by atoms with Crippen molar-refractivity contribution in [2.45, 2.75) is 19.8 Å². The van der Waals surface area contributed by atoms with Crippen LogP contribution in [0.15, 0.2) is 30.3 Å². The average Bonchev–Trinajstić information content (AvgIpc) is 2.78. The third kappa shape index (κ3) is 2.34. The van der Waals surface area contributed by atoms with Crippen LogP contribution < -0.4 is 4.74 Å². The Morgan fingerprint density at radius 1 is 1.18 bits per heavy atom. The van der Waals surface area contributed by atoms with Gasteiger partial charge >= 0.3 is 0 Å². The van der Waals surface area contributed by atoms with Crippen LogP contribution in [-0.4, -0.2) is 7.11 Å². The van der Waals surface area contributed by atoms with Crippen LogP contribution in [-0.2, 0) is 0 Å². The molecular weight excluding hydrogens is 235 g/mol. The summed E-state index contributed by atoms with van der Waals surface area (Å²) in [5.41, 5.74) is 0.612. The van der Waals surface area contributed by atoms with E-state index in [0.717, 1.165) is 4.88 Å². The van der Waals surface area contributed by atoms with Crippen LogP contribution >= 0.6 is 11.3 Å². The summed E-state index contributed by atoms with van der Waals surface area (Å²) in [4.78, 5) is 2.22. The van der Waals surface area contributed by atoms with Crippen LogP contribution in [0.3, 0.4) is 0 Å². The molecule has 0 saturated heterocycles. The second-order valence-corrected chi connectivity index (χ2v) is 5.29. The highest BCUT2D eigenvalue weighted by atomic mass is 32.1. The van der Waals surface area contributed by atoms with Gasteiger partial charge in [-0.25, -0.2) is 4.39 Å². The van der Waals surface area contributed by atoms with Crippen molar-refractivity contribution in [3.8, 4) is 16.2 Å². The van der Waals surface area contributed by atoms with Gasteiger partial charge in [0.1, 0.15) is 0 Å². The largest absolute Gasteiger partial charge is 0.494 e. The maximum atomic E-state index is 14.1. The third-order valence-electron chi connectivity index (χ3n) is 2.64. The molecule has 0 aliphatic rings. The molecule has 0 spiro atoms. The van der Waals surface area contributed by atoms with Gasteiger partial charge in [-0.1, -0.05) is 26.0 Å². The molecule has 0 saturated carbocycles. The van der Waals surface area contributed by atoms with E-state index >= 15 is 0 Å². The fourth-order valence-corrected chi connectivity index (χ4v) is 2.70. The number of methoxy groups -OCH3 is 1. The fourth-order valence-electron chi connectivity index (χ4n) is 1.67. The van der Waals surface area contributed by atoms with Crippen LogP contribution in [0.1, 0.15) is 24.6 Å². The van der Waals surface area contributed by atoms with E-state index in [2.05, 4.69) is 19.9 Å². The van der Waals surface area contributed by atoms with E-state index in [1.807, 2.05) is 12.1 Å². The third-order valence-corrected chi connectivity index (χ3v) is 4.06. The Bertz CT molecular complexity index is 517. The van der Waals surface area contributed by atoms with Gasteiger partial charge in [0.05, 0.1) is 7.11 Å². The van der Waals surface area contributed by atoms with Crippen LogP contribution in [0.5, 0.6) is 5.75 Å². The second kappa shape index (κ2) is 4.88. The molecule has 0 aliphatic heterocycles. The Balaban J connectivity index is 2.45. The molecule has 1 aromatic heterocycles. The molecular formula is C14H15FOS. The lowest BCUT2D eigenvalue weighted by atomic mass is 10.1. The molecule has 2 aromatic rings. The van der Waals surface area contributed by atoms with Gasteiger partial charge in [-0.05, 0) is 24.1 Å². The predicted molar refractivity (Wildman–Crippen MR) is 70.4 cm³/mol. The Kier molecular flexibility index (Phi) is 3.48. The van der Waals surface area contributed by atoms with Gasteiger partial charge in [0, 0.05) is 15.3 Å². The number of ether oxygens (including phenoxy) is 1. The highest BCUT2D eigenvalue weighted by Crippen LogP contribution is 2.35. The molecule has 0 atom stereocenters. The first kappa shape index (κ1) is 12.1. The van der Waals surface area contributed by atoms with Crippen molar-refractivity contribution in [2.75, 3.05) is 7.11 Å². The Labute approximate surface area is 105 Å². The Hall–Kier alpha value is -1.35. The molecule has 1 aromatic carbocycles. The smallest absolute Gasteiger partial charge is 0.173 e. The summed E-state index contributed by atoms with van der Waals surface area (Å²) >= 11 is 1.63. The minimum absolute atomic E-state index is 0.285. The van der Waals surface area contributed by atoms with E-state index in [0.29, 0.717) is 17.2 Å². The van der Waals surface area contributed by atoms with Gasteiger partial charge in [-0.3, -0.25) is 0 Å². The van der Waals surface area contributed by atoms with E-state index in [-0.39, 0.29) is 5.82 Å². The maximum absolute atomic E-state index is 14.1. The van der Waals surface area contributed by atoms with Gasteiger partial charge < -0.3 is 4.74 Å². The van der Waals surface area contributed by atoms with Crippen LogP contribution in [0.25, 0.3) is 10.4 Å². The number of hydrogen-bond donors (Lipinski definition) is 0. The van der Waals surface area contributed by atoms with E-state index in [9.17, 15) is 4.39 Å². The summed E-state index contributed by atoms with van der Waals surface area (Å²) in [6, 6.07) is 9.26. The number of halogens is 1. The zero-order valence-corrected chi connectivity index (χ0v) is 11.0. The summed E-state index contributed by atoms with van der Waals surface area (Å²) in [7, 11) is 1.48. The Morgan fingerprint density at radius 2 is 1.94 bits per heavy atom. The van der Waals surface area contributed by atoms with Crippen molar-refractivity contribution >= 4 is 11.3 Å². The first-order valence-electron chi connectivity index (χ1n) is 5.56. The topological polar surface area (TPSA) is 9.23 Å². The van der Waals surface area contributed by atoms with Crippen molar-refractivity contribution in [2.24, 2.45) is 0 Å². The highest BCUT2D eigenvalue weighted by Gasteiger charge is 2.12. The van der Waals surface area contributed by atoms with Crippen molar-refractivity contribution < 1.29 is 9.13 Å². The lowest BCUT2D eigenvalue weighted by molar-refractivity contribution is 0.387. The van der Waals surface area contributed by atoms with Crippen molar-refractivity contribution in [1.82, 2.24) is 0 Å². The van der Waals surface area contributed by atoms with E-state index in [1.54, 1.807) is 23.5 Å². The standard InChI is InChI=1S/C14H15FOS/c1-9(2)12-7-8-13(17-12)10-5-4-6-11(16-3)14(10)15/h4-9H,1-3H3. The van der Waals surface area contributed by atoms with Crippen molar-refractivity contribution in [3.63, 3.8) is 0 Å². The molecule has 1 heterocycles. The number of hydrogen-bond acceptors (Lipinski definition) is 2. The molecule has 1 nitrogen and oxygen atoms in total. The molecule has 0 N–H and O–H groups in total. The van der Waals surface area contributed by atoms with Crippen molar-refractivity contribution in [1.29, 1.82) is 0 Å². The summed E-state index contributed by atoms with van der Waals surface area (Å²) in [5.74, 6) is 0.483. The molecule has 0 bridgehead atoms. The molecule has 90 valence electrons. The minimum Gasteiger partial charge on any atom is -0.494 e. The highest BCUT2D eigenvalue weighted by molar-refractivity contribution is 7.15. The summed E-state index contributed by atoms with van der Waals surface area (Å²) < 4.78 is 19.0. The summed E-state index contributed by atoms with van der Waals surface area (Å²) in [6.07, 6.45) is 0. The van der Waals surface area contributed by atoms with Gasteiger partial charge in [-0.15, -0.1) is 11.3 Å². The molecule has 0 fully saturated rings. The fraction of sp³-hybridized carbons (Fsp3) is 0.286. The monoisotopic (exact) mass is 250 g/mol. The van der Waals surface area contributed by atoms with Crippen LogP contribution in [0, 0.1) is 5.82 Å². The maximum Gasteiger partial charge on any atom is 0.173 e. The number of rotatable bonds is 3. The lowest BCUT2D eigenvalue weighted by Crippen LogP contribution is -1.89. The zero-order valence-electron chi connectivity index (χ0n) is 10.2. The molecule has 2 rings (SSSR count). The normalized spacial score (nSPS) is 10.9. The summed E-state index contributed by atoms with van der Waals surface area (Å²) in [6.45, 7) is 4.27. The van der Waals surface area contributed by atoms with E-state index in [4.69, 9.17) is 4.74 Å². The molecule has 3 heteroatoms. The van der Waals surface area contributed by atoms with Crippen molar-refractivity contribution in [3.05, 3.63) is 41.0 Å². The van der Waals surface area contributed by atoms with Crippen LogP contribution in [0.2, 0.25) is 0 Å². The van der Waals surface area contributed by atoms with Gasteiger partial charge in [0.2, 0.25) is 0 Å². The molecule has 0 aliphatic carbocycles. The molecule has 17 heavy (non-hydrogen) atoms. The van der Waals surface area contributed by atoms with E-state index in [1.165, 1.54) is 12.0 Å². The SMILES string of the molecule is COc1cccc(-c2ccc(C(C)C)s2)c1F. The quantitative estimate of drug-likeness (QED) is 0.768. The molecule has 0 unspecified atom stereocenters. The average molecular weight is 250 g/mol. The second-order valence-electron chi connectivity index (χ2n) is 4.18. The van der Waals surface area contributed by atoms with E-state index < -0.39 is 0 Å². The van der Waals surface area contributed by atoms with Gasteiger partial charge in [0.15, 0.2) is 11.6 Å². The number of benzene rings is 1. The Morgan fingerprint density at radius 3 is 2.53 bits per heavy atom. The predicted octanol–water partition coefficient (Wildman–Crippen LogP) is 4.69. The van der Waals surface area contributed by atoms with Gasteiger partial charge in [-0.2, -0.15) is 0 Å². The molecule has 0 radical (unpaired) electrons. The number of thiophene rings is 1.